The molecule has 0 saturated carbocycles. The van der Waals surface area contributed by atoms with E-state index in [-0.39, 0.29) is 5.75 Å². The summed E-state index contributed by atoms with van der Waals surface area (Å²) in [5.74, 6) is 0.996. The second-order valence-corrected chi connectivity index (χ2v) is 7.95. The second kappa shape index (κ2) is 8.11. The van der Waals surface area contributed by atoms with Gasteiger partial charge in [0.15, 0.2) is 11.5 Å². The normalized spacial score (nSPS) is 18.8. The van der Waals surface area contributed by atoms with Crippen LogP contribution in [0.25, 0.3) is 0 Å². The number of phenolic OH excluding ortho intramolecular Hbond substituents is 1. The average molecular weight is 362 g/mol. The number of hydrogen-bond acceptors (Lipinski definition) is 5. The topological polar surface area (TPSA) is 41.9 Å². The van der Waals surface area contributed by atoms with E-state index in [4.69, 9.17) is 9.47 Å². The summed E-state index contributed by atoms with van der Waals surface area (Å²) in [6.45, 7) is 4.09. The predicted molar refractivity (Wildman–Crippen MR) is 102 cm³/mol. The van der Waals surface area contributed by atoms with Crippen LogP contribution in [0.2, 0.25) is 0 Å². The van der Waals surface area contributed by atoms with Crippen LogP contribution in [0.4, 0.5) is 0 Å². The molecule has 25 heavy (non-hydrogen) atoms. The summed E-state index contributed by atoms with van der Waals surface area (Å²) < 4.78 is 10.6. The van der Waals surface area contributed by atoms with Crippen LogP contribution in [0.1, 0.15) is 47.0 Å². The zero-order valence-corrected chi connectivity index (χ0v) is 16.1. The first-order chi connectivity index (χ1) is 12.1. The number of likely N-dealkylation sites (tertiary alicyclic amines) is 1. The molecule has 0 radical (unpaired) electrons. The lowest BCUT2D eigenvalue weighted by molar-refractivity contribution is 0.194. The summed E-state index contributed by atoms with van der Waals surface area (Å²) in [5, 5.41) is 10.1. The lowest BCUT2D eigenvalue weighted by atomic mass is 10.1. The van der Waals surface area contributed by atoms with Gasteiger partial charge in [-0.2, -0.15) is 0 Å². The molecular weight excluding hydrogens is 334 g/mol. The first-order valence-electron chi connectivity index (χ1n) is 8.86. The molecule has 2 heterocycles. The van der Waals surface area contributed by atoms with Gasteiger partial charge in [-0.15, -0.1) is 11.3 Å². The fourth-order valence-electron chi connectivity index (χ4n) is 3.59. The van der Waals surface area contributed by atoms with E-state index < -0.39 is 0 Å². The van der Waals surface area contributed by atoms with Crippen LogP contribution < -0.4 is 9.47 Å². The molecule has 3 rings (SSSR count). The van der Waals surface area contributed by atoms with Crippen LogP contribution in [0, 0.1) is 6.92 Å². The van der Waals surface area contributed by atoms with E-state index in [1.54, 1.807) is 14.2 Å². The van der Waals surface area contributed by atoms with Gasteiger partial charge in [0.25, 0.3) is 0 Å². The Bertz CT molecular complexity index is 688. The molecule has 1 fully saturated rings. The highest BCUT2D eigenvalue weighted by Crippen LogP contribution is 2.39. The van der Waals surface area contributed by atoms with Gasteiger partial charge in [-0.25, -0.2) is 0 Å². The SMILES string of the molecule is COc1cc(CN2CCCCCC2c2ccc(C)s2)cc(OC)c1O. The molecule has 0 spiro atoms. The van der Waals surface area contributed by atoms with Crippen LogP contribution in [0.3, 0.4) is 0 Å². The lowest BCUT2D eigenvalue weighted by Gasteiger charge is -2.29. The number of benzene rings is 1. The quantitative estimate of drug-likeness (QED) is 0.823. The van der Waals surface area contributed by atoms with Crippen molar-refractivity contribution in [2.75, 3.05) is 20.8 Å². The first kappa shape index (κ1) is 18.1. The molecule has 1 saturated heterocycles. The van der Waals surface area contributed by atoms with Gasteiger partial charge in [0, 0.05) is 22.3 Å². The van der Waals surface area contributed by atoms with E-state index in [2.05, 4.69) is 24.0 Å². The van der Waals surface area contributed by atoms with E-state index in [9.17, 15) is 5.11 Å². The third-order valence-electron chi connectivity index (χ3n) is 4.88. The summed E-state index contributed by atoms with van der Waals surface area (Å²) in [5.41, 5.74) is 1.10. The van der Waals surface area contributed by atoms with Crippen molar-refractivity contribution >= 4 is 11.3 Å². The van der Waals surface area contributed by atoms with Crippen LogP contribution >= 0.6 is 11.3 Å². The zero-order valence-electron chi connectivity index (χ0n) is 15.2. The fraction of sp³-hybridized carbons (Fsp3) is 0.500. The van der Waals surface area contributed by atoms with Gasteiger partial charge in [-0.05, 0) is 56.1 Å². The number of methoxy groups -OCH3 is 2. The van der Waals surface area contributed by atoms with E-state index in [0.29, 0.717) is 17.5 Å². The van der Waals surface area contributed by atoms with E-state index in [0.717, 1.165) is 18.7 Å². The molecule has 2 aromatic rings. The number of hydrogen-bond donors (Lipinski definition) is 1. The average Bonchev–Trinajstić information content (AvgIpc) is 2.91. The standard InChI is InChI=1S/C20H27NO3S/c1-14-8-9-19(25-14)16-7-5-4-6-10-21(16)13-15-11-17(23-2)20(22)18(12-15)24-3/h8-9,11-12,16,22H,4-7,10,13H2,1-3H3. The van der Waals surface area contributed by atoms with Gasteiger partial charge in [0.2, 0.25) is 5.75 Å². The van der Waals surface area contributed by atoms with Gasteiger partial charge in [-0.3, -0.25) is 4.90 Å². The van der Waals surface area contributed by atoms with Gasteiger partial charge < -0.3 is 14.6 Å². The fourth-order valence-corrected chi connectivity index (χ4v) is 4.63. The third-order valence-corrected chi connectivity index (χ3v) is 5.98. The van der Waals surface area contributed by atoms with Crippen LogP contribution in [0.5, 0.6) is 17.2 Å². The maximum atomic E-state index is 10.1. The molecule has 0 amide bonds. The Balaban J connectivity index is 1.88. The van der Waals surface area contributed by atoms with Crippen molar-refractivity contribution in [1.29, 1.82) is 0 Å². The highest BCUT2D eigenvalue weighted by Gasteiger charge is 2.24. The number of thiophene rings is 1. The maximum absolute atomic E-state index is 10.1. The van der Waals surface area contributed by atoms with Crippen molar-refractivity contribution in [1.82, 2.24) is 4.90 Å². The minimum atomic E-state index is 0.0649. The zero-order chi connectivity index (χ0) is 17.8. The van der Waals surface area contributed by atoms with Crippen molar-refractivity contribution in [3.8, 4) is 17.2 Å². The predicted octanol–water partition coefficient (Wildman–Crippen LogP) is 4.90. The molecule has 1 aliphatic rings. The minimum absolute atomic E-state index is 0.0649. The molecule has 1 atom stereocenters. The molecular formula is C20H27NO3S. The molecule has 4 nitrogen and oxygen atoms in total. The van der Waals surface area contributed by atoms with Crippen molar-refractivity contribution < 1.29 is 14.6 Å². The molecule has 5 heteroatoms. The number of aromatic hydroxyl groups is 1. The van der Waals surface area contributed by atoms with E-state index >= 15 is 0 Å². The minimum Gasteiger partial charge on any atom is -0.502 e. The monoisotopic (exact) mass is 361 g/mol. The Morgan fingerprint density at radius 2 is 1.84 bits per heavy atom. The molecule has 1 aromatic carbocycles. The second-order valence-electron chi connectivity index (χ2n) is 6.63. The Labute approximate surface area is 154 Å². The lowest BCUT2D eigenvalue weighted by Crippen LogP contribution is -2.27. The maximum Gasteiger partial charge on any atom is 0.200 e. The van der Waals surface area contributed by atoms with E-state index in [1.807, 2.05) is 23.5 Å². The van der Waals surface area contributed by atoms with Crippen molar-refractivity contribution in [3.05, 3.63) is 39.6 Å². The van der Waals surface area contributed by atoms with Gasteiger partial charge in [-0.1, -0.05) is 12.8 Å². The highest BCUT2D eigenvalue weighted by molar-refractivity contribution is 7.12. The van der Waals surface area contributed by atoms with Gasteiger partial charge >= 0.3 is 0 Å². The van der Waals surface area contributed by atoms with Crippen molar-refractivity contribution in [3.63, 3.8) is 0 Å². The number of aryl methyl sites for hydroxylation is 1. The highest BCUT2D eigenvalue weighted by atomic mass is 32.1. The van der Waals surface area contributed by atoms with Crippen LogP contribution in [-0.2, 0) is 6.54 Å². The summed E-state index contributed by atoms with van der Waals surface area (Å²) in [6.07, 6.45) is 5.00. The number of ether oxygens (including phenoxy) is 2. The molecule has 0 aliphatic carbocycles. The molecule has 1 aliphatic heterocycles. The molecule has 136 valence electrons. The molecule has 0 bridgehead atoms. The smallest absolute Gasteiger partial charge is 0.200 e. The summed E-state index contributed by atoms with van der Waals surface area (Å²) >= 11 is 1.90. The third kappa shape index (κ3) is 4.10. The Kier molecular flexibility index (Phi) is 5.86. The number of rotatable bonds is 5. The largest absolute Gasteiger partial charge is 0.502 e. The van der Waals surface area contributed by atoms with Crippen LogP contribution in [0.15, 0.2) is 24.3 Å². The Hall–Kier alpha value is -1.72. The molecule has 1 unspecified atom stereocenters. The van der Waals surface area contributed by atoms with Gasteiger partial charge in [0.1, 0.15) is 0 Å². The Morgan fingerprint density at radius 1 is 1.12 bits per heavy atom. The number of phenols is 1. The molecule has 1 aromatic heterocycles. The summed E-state index contributed by atoms with van der Waals surface area (Å²) in [4.78, 5) is 5.38. The van der Waals surface area contributed by atoms with Gasteiger partial charge in [0.05, 0.1) is 14.2 Å². The van der Waals surface area contributed by atoms with Crippen molar-refractivity contribution in [2.24, 2.45) is 0 Å². The van der Waals surface area contributed by atoms with E-state index in [1.165, 1.54) is 35.4 Å². The Morgan fingerprint density at radius 3 is 2.44 bits per heavy atom. The van der Waals surface area contributed by atoms with Crippen LogP contribution in [-0.4, -0.2) is 30.8 Å². The summed E-state index contributed by atoms with van der Waals surface area (Å²) in [7, 11) is 3.14. The molecule has 1 N–H and O–H groups in total. The van der Waals surface area contributed by atoms with Crippen molar-refractivity contribution in [2.45, 2.75) is 45.2 Å². The number of nitrogens with zero attached hydrogens (tertiary/aromatic N) is 1. The summed E-state index contributed by atoms with van der Waals surface area (Å²) in [6, 6.07) is 8.79. The first-order valence-corrected chi connectivity index (χ1v) is 9.68.